The minimum atomic E-state index is -0.0179. The van der Waals surface area contributed by atoms with Crippen molar-refractivity contribution in [3.63, 3.8) is 0 Å². The minimum absolute atomic E-state index is 0.0179. The molecule has 1 unspecified atom stereocenters. The van der Waals surface area contributed by atoms with E-state index in [0.717, 1.165) is 24.9 Å². The van der Waals surface area contributed by atoms with Gasteiger partial charge >= 0.3 is 0 Å². The van der Waals surface area contributed by atoms with Gasteiger partial charge in [-0.15, -0.1) is 0 Å². The lowest BCUT2D eigenvalue weighted by Crippen LogP contribution is -2.51. The maximum absolute atomic E-state index is 12.2. The Morgan fingerprint density at radius 1 is 1.59 bits per heavy atom. The van der Waals surface area contributed by atoms with Gasteiger partial charge in [0, 0.05) is 24.7 Å². The van der Waals surface area contributed by atoms with Gasteiger partial charge in [0.05, 0.1) is 18.6 Å². The second kappa shape index (κ2) is 5.36. The van der Waals surface area contributed by atoms with Crippen LogP contribution in [0.1, 0.15) is 32.3 Å². The Kier molecular flexibility index (Phi) is 3.84. The number of furan rings is 1. The number of piperidine rings is 1. The molecule has 2 rings (SSSR count). The van der Waals surface area contributed by atoms with Gasteiger partial charge in [-0.05, 0) is 18.9 Å². The van der Waals surface area contributed by atoms with Gasteiger partial charge in [-0.1, -0.05) is 13.8 Å². The van der Waals surface area contributed by atoms with Crippen LogP contribution in [-0.4, -0.2) is 29.4 Å². The molecule has 0 radical (unpaired) electrons. The van der Waals surface area contributed by atoms with Crippen LogP contribution in [0.3, 0.4) is 0 Å². The highest BCUT2D eigenvalue weighted by Gasteiger charge is 2.28. The number of rotatable bonds is 4. The minimum Gasteiger partial charge on any atom is -0.472 e. The third kappa shape index (κ3) is 3.09. The first kappa shape index (κ1) is 12.2. The van der Waals surface area contributed by atoms with E-state index in [1.807, 2.05) is 11.0 Å². The van der Waals surface area contributed by atoms with Crippen molar-refractivity contribution < 1.29 is 9.21 Å². The fourth-order valence-electron chi connectivity index (χ4n) is 2.26. The van der Waals surface area contributed by atoms with E-state index in [4.69, 9.17) is 4.42 Å². The van der Waals surface area contributed by atoms with Crippen LogP contribution in [0.5, 0.6) is 0 Å². The Hall–Kier alpha value is -1.29. The largest absolute Gasteiger partial charge is 0.472 e. The Balaban J connectivity index is 1.96. The van der Waals surface area contributed by atoms with Gasteiger partial charge in [0.1, 0.15) is 0 Å². The van der Waals surface area contributed by atoms with E-state index < -0.39 is 0 Å². The summed E-state index contributed by atoms with van der Waals surface area (Å²) in [7, 11) is 0. The lowest BCUT2D eigenvalue weighted by atomic mass is 10.0. The molecule has 1 aliphatic rings. The molecular formula is C13H20N2O2. The molecule has 0 bridgehead atoms. The van der Waals surface area contributed by atoms with E-state index in [1.165, 1.54) is 0 Å². The molecule has 0 spiro atoms. The Bertz CT molecular complexity index is 360. The summed E-state index contributed by atoms with van der Waals surface area (Å²) in [6, 6.07) is 2.24. The second-order valence-corrected chi connectivity index (χ2v) is 4.91. The molecule has 1 atom stereocenters. The Morgan fingerprint density at radius 2 is 2.41 bits per heavy atom. The fraction of sp³-hybridized carbons (Fsp3) is 0.615. The van der Waals surface area contributed by atoms with E-state index in [2.05, 4.69) is 19.2 Å². The van der Waals surface area contributed by atoms with Gasteiger partial charge in [-0.2, -0.15) is 0 Å². The average molecular weight is 236 g/mol. The first-order chi connectivity index (χ1) is 8.16. The summed E-state index contributed by atoms with van der Waals surface area (Å²) in [5, 5.41) is 3.33. The van der Waals surface area contributed by atoms with Crippen molar-refractivity contribution in [3.8, 4) is 0 Å². The molecule has 0 aromatic carbocycles. The van der Waals surface area contributed by atoms with Crippen molar-refractivity contribution in [2.24, 2.45) is 0 Å². The summed E-state index contributed by atoms with van der Waals surface area (Å²) in [4.78, 5) is 14.1. The summed E-state index contributed by atoms with van der Waals surface area (Å²) in [5.41, 5.74) is 1.06. The normalized spacial score (nSPS) is 21.2. The zero-order valence-corrected chi connectivity index (χ0v) is 10.5. The van der Waals surface area contributed by atoms with E-state index in [-0.39, 0.29) is 11.9 Å². The molecule has 17 heavy (non-hydrogen) atoms. The second-order valence-electron chi connectivity index (χ2n) is 4.91. The van der Waals surface area contributed by atoms with Crippen LogP contribution < -0.4 is 5.32 Å². The van der Waals surface area contributed by atoms with Crippen LogP contribution in [0, 0.1) is 0 Å². The van der Waals surface area contributed by atoms with E-state index >= 15 is 0 Å². The molecule has 1 fully saturated rings. The summed E-state index contributed by atoms with van der Waals surface area (Å²) in [6.45, 7) is 5.65. The van der Waals surface area contributed by atoms with Crippen LogP contribution in [0.15, 0.2) is 23.0 Å². The third-order valence-corrected chi connectivity index (χ3v) is 3.02. The van der Waals surface area contributed by atoms with Crippen LogP contribution in [0.25, 0.3) is 0 Å². The number of hydrogen-bond donors (Lipinski definition) is 1. The highest BCUT2D eigenvalue weighted by molar-refractivity contribution is 5.82. The number of amides is 1. The Morgan fingerprint density at radius 3 is 3.06 bits per heavy atom. The van der Waals surface area contributed by atoms with Crippen molar-refractivity contribution in [3.05, 3.63) is 24.2 Å². The average Bonchev–Trinajstić information content (AvgIpc) is 2.76. The van der Waals surface area contributed by atoms with Gasteiger partial charge in [0.15, 0.2) is 0 Å². The van der Waals surface area contributed by atoms with Gasteiger partial charge in [0.2, 0.25) is 5.91 Å². The maximum Gasteiger partial charge on any atom is 0.240 e. The lowest BCUT2D eigenvalue weighted by Gasteiger charge is -2.33. The number of nitrogens with zero attached hydrogens (tertiary/aromatic N) is 1. The van der Waals surface area contributed by atoms with Crippen LogP contribution in [0.4, 0.5) is 0 Å². The van der Waals surface area contributed by atoms with E-state index in [9.17, 15) is 4.79 Å². The van der Waals surface area contributed by atoms with Gasteiger partial charge in [-0.3, -0.25) is 4.79 Å². The molecule has 1 aromatic heterocycles. The molecule has 4 nitrogen and oxygen atoms in total. The quantitative estimate of drug-likeness (QED) is 0.866. The van der Waals surface area contributed by atoms with Crippen molar-refractivity contribution >= 4 is 5.91 Å². The maximum atomic E-state index is 12.2. The summed E-state index contributed by atoms with van der Waals surface area (Å²) < 4.78 is 5.03. The molecule has 1 saturated heterocycles. The molecule has 1 aliphatic heterocycles. The molecule has 1 aromatic rings. The van der Waals surface area contributed by atoms with Crippen LogP contribution >= 0.6 is 0 Å². The predicted octanol–water partition coefficient (Wildman–Crippen LogP) is 1.77. The molecule has 1 N–H and O–H groups in total. The number of nitrogens with one attached hydrogen (secondary N) is 1. The van der Waals surface area contributed by atoms with E-state index in [0.29, 0.717) is 12.6 Å². The van der Waals surface area contributed by atoms with Crippen molar-refractivity contribution in [2.75, 3.05) is 6.54 Å². The SMILES string of the molecule is CC(C)NC1CCCN(Cc2ccoc2)C1=O. The predicted molar refractivity (Wildman–Crippen MR) is 65.4 cm³/mol. The highest BCUT2D eigenvalue weighted by atomic mass is 16.3. The first-order valence-corrected chi connectivity index (χ1v) is 6.22. The zero-order chi connectivity index (χ0) is 12.3. The topological polar surface area (TPSA) is 45.5 Å². The molecule has 0 aliphatic carbocycles. The Labute approximate surface area is 102 Å². The summed E-state index contributed by atoms with van der Waals surface area (Å²) in [5.74, 6) is 0.214. The summed E-state index contributed by atoms with van der Waals surface area (Å²) in [6.07, 6.45) is 5.35. The standard InChI is InChI=1S/C13H20N2O2/c1-10(2)14-12-4-3-6-15(13(12)16)8-11-5-7-17-9-11/h5,7,9-10,12,14H,3-4,6,8H2,1-2H3. The molecule has 4 heteroatoms. The number of likely N-dealkylation sites (tertiary alicyclic amines) is 1. The first-order valence-electron chi connectivity index (χ1n) is 6.22. The number of carbonyl (C=O) groups excluding carboxylic acids is 1. The smallest absolute Gasteiger partial charge is 0.240 e. The van der Waals surface area contributed by atoms with Crippen molar-refractivity contribution in [1.82, 2.24) is 10.2 Å². The highest BCUT2D eigenvalue weighted by Crippen LogP contribution is 2.15. The molecule has 0 saturated carbocycles. The van der Waals surface area contributed by atoms with Gasteiger partial charge in [0.25, 0.3) is 0 Å². The zero-order valence-electron chi connectivity index (χ0n) is 10.5. The number of hydrogen-bond acceptors (Lipinski definition) is 3. The molecule has 2 heterocycles. The van der Waals surface area contributed by atoms with E-state index in [1.54, 1.807) is 12.5 Å². The fourth-order valence-corrected chi connectivity index (χ4v) is 2.26. The lowest BCUT2D eigenvalue weighted by molar-refractivity contribution is -0.136. The molecule has 1 amide bonds. The third-order valence-electron chi connectivity index (χ3n) is 3.02. The number of carbonyl (C=O) groups is 1. The van der Waals surface area contributed by atoms with Gasteiger partial charge < -0.3 is 14.6 Å². The van der Waals surface area contributed by atoms with Crippen LogP contribution in [-0.2, 0) is 11.3 Å². The summed E-state index contributed by atoms with van der Waals surface area (Å²) >= 11 is 0. The molecular weight excluding hydrogens is 216 g/mol. The monoisotopic (exact) mass is 236 g/mol. The van der Waals surface area contributed by atoms with Gasteiger partial charge in [-0.25, -0.2) is 0 Å². The molecule has 94 valence electrons. The van der Waals surface area contributed by atoms with Crippen molar-refractivity contribution in [2.45, 2.75) is 45.3 Å². The van der Waals surface area contributed by atoms with Crippen LogP contribution in [0.2, 0.25) is 0 Å². The van der Waals surface area contributed by atoms with Crippen molar-refractivity contribution in [1.29, 1.82) is 0 Å².